The fourth-order valence-electron chi connectivity index (χ4n) is 3.03. The van der Waals surface area contributed by atoms with Gasteiger partial charge in [0.1, 0.15) is 0 Å². The number of fused-ring (bicyclic) bond motifs is 1. The third kappa shape index (κ3) is 2.55. The predicted molar refractivity (Wildman–Crippen MR) is 74.5 cm³/mol. The van der Waals surface area contributed by atoms with E-state index < -0.39 is 0 Å². The van der Waals surface area contributed by atoms with Gasteiger partial charge in [-0.15, -0.1) is 0 Å². The molecule has 0 bridgehead atoms. The average Bonchev–Trinajstić information content (AvgIpc) is 2.62. The standard InChI is InChI=1S/C15H22N2O2/c1-17-15(11-7-12(16)8-11)10-3-4-13-14(9-10)19-6-2-5-18-13/h3-4,9,11-12,15,17H,2,5-8,16H2,1H3. The summed E-state index contributed by atoms with van der Waals surface area (Å²) in [4.78, 5) is 0. The first kappa shape index (κ1) is 12.8. The van der Waals surface area contributed by atoms with E-state index in [0.717, 1.165) is 44.0 Å². The van der Waals surface area contributed by atoms with Gasteiger partial charge in [0.25, 0.3) is 0 Å². The van der Waals surface area contributed by atoms with E-state index >= 15 is 0 Å². The van der Waals surface area contributed by atoms with E-state index in [1.807, 2.05) is 13.1 Å². The van der Waals surface area contributed by atoms with Crippen molar-refractivity contribution in [1.82, 2.24) is 5.32 Å². The molecule has 1 aromatic carbocycles. The van der Waals surface area contributed by atoms with Crippen LogP contribution in [0, 0.1) is 5.92 Å². The van der Waals surface area contributed by atoms with E-state index in [1.165, 1.54) is 5.56 Å². The first-order valence-electron chi connectivity index (χ1n) is 7.10. The Morgan fingerprint density at radius 3 is 2.63 bits per heavy atom. The Kier molecular flexibility index (Phi) is 3.62. The summed E-state index contributed by atoms with van der Waals surface area (Å²) in [6.45, 7) is 1.47. The van der Waals surface area contributed by atoms with Gasteiger partial charge in [0, 0.05) is 18.5 Å². The molecule has 4 heteroatoms. The SMILES string of the molecule is CNC(c1ccc2c(c1)OCCCO2)C1CC(N)C1. The number of rotatable bonds is 3. The molecule has 1 aromatic rings. The lowest BCUT2D eigenvalue weighted by atomic mass is 9.74. The highest BCUT2D eigenvalue weighted by Crippen LogP contribution is 2.40. The van der Waals surface area contributed by atoms with Crippen LogP contribution in [0.5, 0.6) is 11.5 Å². The summed E-state index contributed by atoms with van der Waals surface area (Å²) in [7, 11) is 2.01. The van der Waals surface area contributed by atoms with Gasteiger partial charge in [-0.05, 0) is 43.5 Å². The topological polar surface area (TPSA) is 56.5 Å². The highest BCUT2D eigenvalue weighted by Gasteiger charge is 2.33. The number of nitrogens with one attached hydrogen (secondary N) is 1. The maximum absolute atomic E-state index is 5.90. The molecule has 1 heterocycles. The van der Waals surface area contributed by atoms with E-state index in [9.17, 15) is 0 Å². The zero-order valence-electron chi connectivity index (χ0n) is 11.4. The van der Waals surface area contributed by atoms with Crippen LogP contribution < -0.4 is 20.5 Å². The number of benzene rings is 1. The van der Waals surface area contributed by atoms with E-state index in [2.05, 4.69) is 17.4 Å². The molecule has 0 saturated heterocycles. The molecule has 1 saturated carbocycles. The molecule has 1 aliphatic carbocycles. The minimum Gasteiger partial charge on any atom is -0.490 e. The fraction of sp³-hybridized carbons (Fsp3) is 0.600. The number of ether oxygens (including phenoxy) is 2. The maximum atomic E-state index is 5.90. The second kappa shape index (κ2) is 5.39. The quantitative estimate of drug-likeness (QED) is 0.873. The Bertz CT molecular complexity index is 444. The molecule has 0 amide bonds. The van der Waals surface area contributed by atoms with Crippen LogP contribution in [0.25, 0.3) is 0 Å². The van der Waals surface area contributed by atoms with Crippen LogP contribution >= 0.6 is 0 Å². The molecule has 1 aliphatic heterocycles. The van der Waals surface area contributed by atoms with Crippen molar-refractivity contribution in [3.05, 3.63) is 23.8 Å². The molecule has 19 heavy (non-hydrogen) atoms. The minimum absolute atomic E-state index is 0.358. The van der Waals surface area contributed by atoms with Crippen molar-refractivity contribution < 1.29 is 9.47 Å². The molecule has 1 atom stereocenters. The van der Waals surface area contributed by atoms with Gasteiger partial charge in [-0.3, -0.25) is 0 Å². The van der Waals surface area contributed by atoms with Gasteiger partial charge in [0.05, 0.1) is 13.2 Å². The lowest BCUT2D eigenvalue weighted by Gasteiger charge is -2.38. The highest BCUT2D eigenvalue weighted by molar-refractivity contribution is 5.44. The van der Waals surface area contributed by atoms with Crippen LogP contribution in [0.1, 0.15) is 30.9 Å². The van der Waals surface area contributed by atoms with Crippen LogP contribution in [0.3, 0.4) is 0 Å². The van der Waals surface area contributed by atoms with Gasteiger partial charge in [-0.2, -0.15) is 0 Å². The molecule has 4 nitrogen and oxygen atoms in total. The van der Waals surface area contributed by atoms with Crippen molar-refractivity contribution in [2.75, 3.05) is 20.3 Å². The van der Waals surface area contributed by atoms with Crippen molar-refractivity contribution in [2.45, 2.75) is 31.3 Å². The van der Waals surface area contributed by atoms with E-state index in [4.69, 9.17) is 15.2 Å². The predicted octanol–water partition coefficient (Wildman–Crippen LogP) is 1.85. The Hall–Kier alpha value is -1.26. The summed E-state index contributed by atoms with van der Waals surface area (Å²) >= 11 is 0. The highest BCUT2D eigenvalue weighted by atomic mass is 16.5. The summed E-state index contributed by atoms with van der Waals surface area (Å²) in [5, 5.41) is 3.41. The van der Waals surface area contributed by atoms with Crippen molar-refractivity contribution in [1.29, 1.82) is 0 Å². The van der Waals surface area contributed by atoms with Crippen molar-refractivity contribution >= 4 is 0 Å². The van der Waals surface area contributed by atoms with Crippen LogP contribution in [0.15, 0.2) is 18.2 Å². The largest absolute Gasteiger partial charge is 0.490 e. The van der Waals surface area contributed by atoms with Gasteiger partial charge in [-0.25, -0.2) is 0 Å². The van der Waals surface area contributed by atoms with Crippen LogP contribution in [-0.2, 0) is 0 Å². The first-order valence-corrected chi connectivity index (χ1v) is 7.10. The Balaban J connectivity index is 1.81. The fourth-order valence-corrected chi connectivity index (χ4v) is 3.03. The Labute approximate surface area is 114 Å². The molecular formula is C15H22N2O2. The molecular weight excluding hydrogens is 240 g/mol. The average molecular weight is 262 g/mol. The normalized spacial score (nSPS) is 27.3. The third-order valence-corrected chi connectivity index (χ3v) is 4.12. The molecule has 3 rings (SSSR count). The monoisotopic (exact) mass is 262 g/mol. The third-order valence-electron chi connectivity index (χ3n) is 4.12. The molecule has 0 radical (unpaired) electrons. The summed E-state index contributed by atoms with van der Waals surface area (Å²) in [5.74, 6) is 2.37. The molecule has 1 unspecified atom stereocenters. The zero-order chi connectivity index (χ0) is 13.2. The van der Waals surface area contributed by atoms with Gasteiger partial charge in [0.15, 0.2) is 11.5 Å². The molecule has 2 aliphatic rings. The zero-order valence-corrected chi connectivity index (χ0v) is 11.4. The van der Waals surface area contributed by atoms with Gasteiger partial charge in [-0.1, -0.05) is 6.07 Å². The summed E-state index contributed by atoms with van der Waals surface area (Å²) < 4.78 is 11.4. The summed E-state index contributed by atoms with van der Waals surface area (Å²) in [6.07, 6.45) is 3.14. The lowest BCUT2D eigenvalue weighted by Crippen LogP contribution is -2.42. The molecule has 1 fully saturated rings. The van der Waals surface area contributed by atoms with Gasteiger partial charge < -0.3 is 20.5 Å². The minimum atomic E-state index is 0.358. The van der Waals surface area contributed by atoms with Crippen LogP contribution in [0.2, 0.25) is 0 Å². The van der Waals surface area contributed by atoms with E-state index in [0.29, 0.717) is 18.0 Å². The van der Waals surface area contributed by atoms with Gasteiger partial charge >= 0.3 is 0 Å². The summed E-state index contributed by atoms with van der Waals surface area (Å²) in [5.41, 5.74) is 7.17. The smallest absolute Gasteiger partial charge is 0.161 e. The number of hydrogen-bond donors (Lipinski definition) is 2. The van der Waals surface area contributed by atoms with Crippen molar-refractivity contribution in [3.63, 3.8) is 0 Å². The van der Waals surface area contributed by atoms with Crippen LogP contribution in [-0.4, -0.2) is 26.3 Å². The Morgan fingerprint density at radius 1 is 1.21 bits per heavy atom. The molecule has 0 spiro atoms. The maximum Gasteiger partial charge on any atom is 0.161 e. The van der Waals surface area contributed by atoms with Crippen molar-refractivity contribution in [2.24, 2.45) is 11.7 Å². The Morgan fingerprint density at radius 2 is 1.95 bits per heavy atom. The van der Waals surface area contributed by atoms with E-state index in [1.54, 1.807) is 0 Å². The van der Waals surface area contributed by atoms with Crippen LogP contribution in [0.4, 0.5) is 0 Å². The lowest BCUT2D eigenvalue weighted by molar-refractivity contribution is 0.203. The molecule has 3 N–H and O–H groups in total. The second-order valence-corrected chi connectivity index (χ2v) is 5.51. The molecule has 104 valence electrons. The number of nitrogens with two attached hydrogens (primary N) is 1. The molecule has 0 aromatic heterocycles. The van der Waals surface area contributed by atoms with Gasteiger partial charge in [0.2, 0.25) is 0 Å². The first-order chi connectivity index (χ1) is 9.28. The van der Waals surface area contributed by atoms with E-state index in [-0.39, 0.29) is 0 Å². The second-order valence-electron chi connectivity index (χ2n) is 5.51. The van der Waals surface area contributed by atoms with Crippen molar-refractivity contribution in [3.8, 4) is 11.5 Å². The summed E-state index contributed by atoms with van der Waals surface area (Å²) in [6, 6.07) is 7.02. The number of hydrogen-bond acceptors (Lipinski definition) is 4.